The molecule has 0 radical (unpaired) electrons. The highest BCUT2D eigenvalue weighted by Gasteiger charge is 2.12. The number of hydrogen-bond donors (Lipinski definition) is 1. The largest absolute Gasteiger partial charge is 0.349 e. The number of hydrogen-bond acceptors (Lipinski definition) is 2. The van der Waals surface area contributed by atoms with Crippen molar-refractivity contribution in [1.82, 2.24) is 4.57 Å². The van der Waals surface area contributed by atoms with Crippen molar-refractivity contribution in [2.24, 2.45) is 0 Å². The lowest BCUT2D eigenvalue weighted by Gasteiger charge is -2.10. The van der Waals surface area contributed by atoms with E-state index >= 15 is 0 Å². The third-order valence-corrected chi connectivity index (χ3v) is 7.38. The van der Waals surface area contributed by atoms with Gasteiger partial charge >= 0.3 is 0 Å². The molecule has 0 fully saturated rings. The second kappa shape index (κ2) is 11.0. The normalized spacial score (nSPS) is 11.1. The summed E-state index contributed by atoms with van der Waals surface area (Å²) in [6, 6.07) is 28.3. The van der Waals surface area contributed by atoms with Gasteiger partial charge in [0.2, 0.25) is 5.91 Å². The number of thioether (sulfide) groups is 1. The molecule has 0 saturated heterocycles. The second-order valence-corrected chi connectivity index (χ2v) is 10.0. The van der Waals surface area contributed by atoms with Gasteiger partial charge in [-0.15, -0.1) is 11.8 Å². The van der Waals surface area contributed by atoms with Gasteiger partial charge in [0.15, 0.2) is 0 Å². The molecule has 1 heterocycles. The van der Waals surface area contributed by atoms with Crippen LogP contribution in [-0.4, -0.2) is 10.5 Å². The molecule has 0 unspecified atom stereocenters. The van der Waals surface area contributed by atoms with Crippen LogP contribution in [0.1, 0.15) is 16.7 Å². The first-order valence-corrected chi connectivity index (χ1v) is 13.0. The van der Waals surface area contributed by atoms with Crippen LogP contribution in [0.3, 0.4) is 0 Å². The lowest BCUT2D eigenvalue weighted by atomic mass is 10.1. The van der Waals surface area contributed by atoms with Gasteiger partial charge < -0.3 is 9.88 Å². The maximum atomic E-state index is 13.3. The van der Waals surface area contributed by atoms with Gasteiger partial charge in [-0.3, -0.25) is 4.79 Å². The van der Waals surface area contributed by atoms with Crippen LogP contribution in [0.15, 0.2) is 108 Å². The molecule has 0 aliphatic carbocycles. The summed E-state index contributed by atoms with van der Waals surface area (Å²) in [6.07, 6.45) is 4.38. The first kappa shape index (κ1) is 24.2. The Morgan fingerprint density at radius 1 is 0.889 bits per heavy atom. The highest BCUT2D eigenvalue weighted by Crippen LogP contribution is 2.34. The van der Waals surface area contributed by atoms with E-state index in [0.717, 1.165) is 38.2 Å². The van der Waals surface area contributed by atoms with Crippen LogP contribution in [0.5, 0.6) is 0 Å². The zero-order chi connectivity index (χ0) is 24.9. The van der Waals surface area contributed by atoms with Crippen molar-refractivity contribution in [3.63, 3.8) is 0 Å². The standard InChI is InChI=1S/C30H24ClFN2OS/c31-28-9-5-4-8-23(28)15-30(35)33-26-14-24-18-34(17-21-10-12-25(32)13-11-21)19-27(24)29(16-26)36-20-22-6-2-1-3-7-22/h1-14,16,18-19H,15,17,20H2,(H,33,35). The average molecular weight is 515 g/mol. The molecule has 5 aromatic rings. The van der Waals surface area contributed by atoms with Gasteiger partial charge in [-0.1, -0.05) is 72.3 Å². The molecule has 3 nitrogen and oxygen atoms in total. The Hall–Kier alpha value is -3.54. The van der Waals surface area contributed by atoms with Crippen molar-refractivity contribution in [1.29, 1.82) is 0 Å². The molecule has 1 aromatic heterocycles. The number of amides is 1. The van der Waals surface area contributed by atoms with Crippen molar-refractivity contribution in [3.05, 3.63) is 131 Å². The van der Waals surface area contributed by atoms with Crippen LogP contribution in [-0.2, 0) is 23.5 Å². The fourth-order valence-corrected chi connectivity index (χ4v) is 5.37. The predicted octanol–water partition coefficient (Wildman–Crippen LogP) is 7.96. The van der Waals surface area contributed by atoms with Crippen LogP contribution >= 0.6 is 23.4 Å². The molecular weight excluding hydrogens is 491 g/mol. The molecule has 1 N–H and O–H groups in total. The SMILES string of the molecule is O=C(Cc1ccccc1Cl)Nc1cc(SCc2ccccc2)c2cn(Cc3ccc(F)cc3)cc2c1. The number of aromatic nitrogens is 1. The number of nitrogens with zero attached hydrogens (tertiary/aromatic N) is 1. The molecule has 0 aliphatic rings. The molecule has 36 heavy (non-hydrogen) atoms. The number of anilines is 1. The van der Waals surface area contributed by atoms with Gasteiger partial charge in [0, 0.05) is 51.1 Å². The average Bonchev–Trinajstić information content (AvgIpc) is 3.28. The van der Waals surface area contributed by atoms with Crippen molar-refractivity contribution in [2.45, 2.75) is 23.6 Å². The van der Waals surface area contributed by atoms with E-state index in [-0.39, 0.29) is 18.1 Å². The van der Waals surface area contributed by atoms with Crippen LogP contribution in [0.2, 0.25) is 5.02 Å². The molecule has 0 saturated carbocycles. The van der Waals surface area contributed by atoms with Crippen LogP contribution in [0.25, 0.3) is 10.8 Å². The third kappa shape index (κ3) is 5.99. The highest BCUT2D eigenvalue weighted by atomic mass is 35.5. The summed E-state index contributed by atoms with van der Waals surface area (Å²) in [4.78, 5) is 13.9. The van der Waals surface area contributed by atoms with Crippen molar-refractivity contribution >= 4 is 45.7 Å². The molecule has 4 aromatic carbocycles. The molecule has 6 heteroatoms. The van der Waals surface area contributed by atoms with E-state index in [1.807, 2.05) is 48.5 Å². The number of benzene rings is 4. The Bertz CT molecular complexity index is 1500. The molecule has 0 bridgehead atoms. The first-order valence-electron chi connectivity index (χ1n) is 11.6. The minimum Gasteiger partial charge on any atom is -0.349 e. The molecule has 1 amide bonds. The van der Waals surface area contributed by atoms with Crippen molar-refractivity contribution < 1.29 is 9.18 Å². The summed E-state index contributed by atoms with van der Waals surface area (Å²) in [6.45, 7) is 0.631. The van der Waals surface area contributed by atoms with E-state index in [2.05, 4.69) is 34.4 Å². The maximum absolute atomic E-state index is 13.3. The van der Waals surface area contributed by atoms with Crippen LogP contribution in [0, 0.1) is 5.82 Å². The molecule has 180 valence electrons. The second-order valence-electron chi connectivity index (χ2n) is 8.62. The topological polar surface area (TPSA) is 34.0 Å². The van der Waals surface area contributed by atoms with E-state index in [1.165, 1.54) is 17.7 Å². The van der Waals surface area contributed by atoms with Gasteiger partial charge in [0.25, 0.3) is 0 Å². The Kier molecular flexibility index (Phi) is 7.40. The van der Waals surface area contributed by atoms with Crippen LogP contribution < -0.4 is 5.32 Å². The first-order chi connectivity index (χ1) is 17.5. The zero-order valence-corrected chi connectivity index (χ0v) is 21.0. The van der Waals surface area contributed by atoms with E-state index < -0.39 is 0 Å². The van der Waals surface area contributed by atoms with Gasteiger partial charge in [0.05, 0.1) is 6.42 Å². The summed E-state index contributed by atoms with van der Waals surface area (Å²) >= 11 is 7.98. The third-order valence-electron chi connectivity index (χ3n) is 5.88. The molecule has 5 rings (SSSR count). The lowest BCUT2D eigenvalue weighted by molar-refractivity contribution is -0.115. The smallest absolute Gasteiger partial charge is 0.228 e. The summed E-state index contributed by atoms with van der Waals surface area (Å²) in [5.41, 5.74) is 3.79. The number of rotatable bonds is 8. The number of carbonyl (C=O) groups is 1. The van der Waals surface area contributed by atoms with Crippen molar-refractivity contribution in [2.75, 3.05) is 5.32 Å². The minimum atomic E-state index is -0.242. The number of carbonyl (C=O) groups excluding carboxylic acids is 1. The fourth-order valence-electron chi connectivity index (χ4n) is 4.11. The Balaban J connectivity index is 1.42. The molecular formula is C30H24ClFN2OS. The molecule has 0 atom stereocenters. The minimum absolute atomic E-state index is 0.118. The van der Waals surface area contributed by atoms with Gasteiger partial charge in [0.1, 0.15) is 5.82 Å². The number of halogens is 2. The fraction of sp³-hybridized carbons (Fsp3) is 0.100. The van der Waals surface area contributed by atoms with Crippen LogP contribution in [0.4, 0.5) is 10.1 Å². The van der Waals surface area contributed by atoms with Gasteiger partial charge in [-0.25, -0.2) is 4.39 Å². The summed E-state index contributed by atoms with van der Waals surface area (Å²) < 4.78 is 15.4. The van der Waals surface area contributed by atoms with E-state index in [1.54, 1.807) is 30.0 Å². The Morgan fingerprint density at radius 2 is 1.64 bits per heavy atom. The molecule has 0 aliphatic heterocycles. The quantitative estimate of drug-likeness (QED) is 0.213. The lowest BCUT2D eigenvalue weighted by Crippen LogP contribution is -2.14. The van der Waals surface area contributed by atoms with E-state index in [0.29, 0.717) is 11.6 Å². The summed E-state index contributed by atoms with van der Waals surface area (Å²) in [5, 5.41) is 5.78. The number of fused-ring (bicyclic) bond motifs is 1. The number of nitrogens with one attached hydrogen (secondary N) is 1. The van der Waals surface area contributed by atoms with E-state index in [9.17, 15) is 9.18 Å². The Labute approximate surface area is 218 Å². The summed E-state index contributed by atoms with van der Waals surface area (Å²) in [5.74, 6) is 0.455. The van der Waals surface area contributed by atoms with E-state index in [4.69, 9.17) is 11.6 Å². The zero-order valence-electron chi connectivity index (χ0n) is 19.5. The maximum Gasteiger partial charge on any atom is 0.228 e. The van der Waals surface area contributed by atoms with Gasteiger partial charge in [-0.05, 0) is 47.0 Å². The molecule has 0 spiro atoms. The van der Waals surface area contributed by atoms with Crippen molar-refractivity contribution in [3.8, 4) is 0 Å². The highest BCUT2D eigenvalue weighted by molar-refractivity contribution is 7.98. The predicted molar refractivity (Wildman–Crippen MR) is 147 cm³/mol. The van der Waals surface area contributed by atoms with Gasteiger partial charge in [-0.2, -0.15) is 0 Å². The monoisotopic (exact) mass is 514 g/mol. The Morgan fingerprint density at radius 3 is 2.42 bits per heavy atom. The summed E-state index contributed by atoms with van der Waals surface area (Å²) in [7, 11) is 0.